The molecule has 0 amide bonds. The first-order chi connectivity index (χ1) is 5.68. The molecule has 0 atom stereocenters. The Morgan fingerprint density at radius 3 is 3.00 bits per heavy atom. The quantitative estimate of drug-likeness (QED) is 0.678. The van der Waals surface area contributed by atoms with Crippen molar-refractivity contribution in [2.75, 3.05) is 0 Å². The van der Waals surface area contributed by atoms with Crippen molar-refractivity contribution in [1.29, 1.82) is 0 Å². The summed E-state index contributed by atoms with van der Waals surface area (Å²) < 4.78 is 15.3. The van der Waals surface area contributed by atoms with Gasteiger partial charge < -0.3 is 0 Å². The molecule has 0 aliphatic rings. The van der Waals surface area contributed by atoms with Crippen molar-refractivity contribution in [3.05, 3.63) is 28.6 Å². The van der Waals surface area contributed by atoms with Crippen LogP contribution in [0.1, 0.15) is 0 Å². The molecule has 0 fully saturated rings. The molecule has 2 rings (SSSR count). The predicted molar refractivity (Wildman–Crippen MR) is 48.4 cm³/mol. The third-order valence-corrected chi connectivity index (χ3v) is 2.30. The maximum Gasteiger partial charge on any atom is 0.165 e. The van der Waals surface area contributed by atoms with Gasteiger partial charge in [0.2, 0.25) is 0 Å². The summed E-state index contributed by atoms with van der Waals surface area (Å²) >= 11 is 3.10. The van der Waals surface area contributed by atoms with Crippen molar-refractivity contribution < 1.29 is 4.39 Å². The SMILES string of the molecule is Cn1cc2ccc(Br)c(F)c2n1. The molecule has 2 nitrogen and oxygen atoms in total. The van der Waals surface area contributed by atoms with E-state index < -0.39 is 0 Å². The summed E-state index contributed by atoms with van der Waals surface area (Å²) in [4.78, 5) is 0. The van der Waals surface area contributed by atoms with Crippen molar-refractivity contribution >= 4 is 26.8 Å². The maximum absolute atomic E-state index is 13.3. The van der Waals surface area contributed by atoms with Gasteiger partial charge in [-0.25, -0.2) is 4.39 Å². The molecule has 0 aliphatic heterocycles. The second-order valence-corrected chi connectivity index (χ2v) is 3.46. The van der Waals surface area contributed by atoms with Crippen molar-refractivity contribution in [3.63, 3.8) is 0 Å². The van der Waals surface area contributed by atoms with Crippen molar-refractivity contribution in [1.82, 2.24) is 9.78 Å². The van der Waals surface area contributed by atoms with Gasteiger partial charge in [0, 0.05) is 18.6 Å². The number of aryl methyl sites for hydroxylation is 1. The van der Waals surface area contributed by atoms with Crippen LogP contribution in [0.25, 0.3) is 10.9 Å². The number of nitrogens with zero attached hydrogens (tertiary/aromatic N) is 2. The molecule has 0 radical (unpaired) electrons. The molecule has 0 N–H and O–H groups in total. The lowest BCUT2D eigenvalue weighted by Crippen LogP contribution is -1.86. The van der Waals surface area contributed by atoms with E-state index in [1.54, 1.807) is 24.0 Å². The normalized spacial score (nSPS) is 10.9. The molecule has 1 heterocycles. The number of fused-ring (bicyclic) bond motifs is 1. The Kier molecular flexibility index (Phi) is 1.65. The van der Waals surface area contributed by atoms with Gasteiger partial charge >= 0.3 is 0 Å². The second kappa shape index (κ2) is 2.55. The topological polar surface area (TPSA) is 17.8 Å². The smallest absolute Gasteiger partial charge is 0.165 e. The van der Waals surface area contributed by atoms with Gasteiger partial charge in [-0.1, -0.05) is 0 Å². The highest BCUT2D eigenvalue weighted by Crippen LogP contribution is 2.22. The van der Waals surface area contributed by atoms with E-state index >= 15 is 0 Å². The lowest BCUT2D eigenvalue weighted by atomic mass is 10.2. The minimum atomic E-state index is -0.298. The third kappa shape index (κ3) is 1.03. The van der Waals surface area contributed by atoms with Crippen LogP contribution in [0.4, 0.5) is 4.39 Å². The van der Waals surface area contributed by atoms with E-state index in [0.717, 1.165) is 5.39 Å². The van der Waals surface area contributed by atoms with E-state index in [2.05, 4.69) is 21.0 Å². The lowest BCUT2D eigenvalue weighted by molar-refractivity contribution is 0.626. The van der Waals surface area contributed by atoms with E-state index in [-0.39, 0.29) is 5.82 Å². The average molecular weight is 229 g/mol. The highest BCUT2D eigenvalue weighted by Gasteiger charge is 2.07. The fourth-order valence-corrected chi connectivity index (χ4v) is 1.47. The molecule has 0 saturated heterocycles. The van der Waals surface area contributed by atoms with Crippen LogP contribution < -0.4 is 0 Å². The zero-order chi connectivity index (χ0) is 8.72. The number of hydrogen-bond donors (Lipinski definition) is 0. The minimum Gasteiger partial charge on any atom is -0.274 e. The van der Waals surface area contributed by atoms with Gasteiger partial charge in [0.1, 0.15) is 5.52 Å². The summed E-state index contributed by atoms with van der Waals surface area (Å²) in [6.45, 7) is 0. The van der Waals surface area contributed by atoms with Gasteiger partial charge in [0.05, 0.1) is 4.47 Å². The Morgan fingerprint density at radius 1 is 1.50 bits per heavy atom. The fourth-order valence-electron chi connectivity index (χ4n) is 1.15. The van der Waals surface area contributed by atoms with Crippen LogP contribution in [0.5, 0.6) is 0 Å². The molecular weight excluding hydrogens is 223 g/mol. The van der Waals surface area contributed by atoms with Gasteiger partial charge in [-0.3, -0.25) is 4.68 Å². The monoisotopic (exact) mass is 228 g/mol. The standard InChI is InChI=1S/C8H6BrFN2/c1-12-4-5-2-3-6(9)7(10)8(5)11-12/h2-4H,1H3. The Hall–Kier alpha value is -0.900. The van der Waals surface area contributed by atoms with Gasteiger partial charge in [-0.05, 0) is 28.1 Å². The minimum absolute atomic E-state index is 0.298. The van der Waals surface area contributed by atoms with Gasteiger partial charge in [-0.15, -0.1) is 0 Å². The molecule has 0 bridgehead atoms. The molecule has 0 unspecified atom stereocenters. The largest absolute Gasteiger partial charge is 0.274 e. The first-order valence-electron chi connectivity index (χ1n) is 3.46. The van der Waals surface area contributed by atoms with Crippen LogP contribution in [0, 0.1) is 5.82 Å². The molecule has 12 heavy (non-hydrogen) atoms. The van der Waals surface area contributed by atoms with Crippen molar-refractivity contribution in [3.8, 4) is 0 Å². The molecule has 2 aromatic rings. The average Bonchev–Trinajstić information content (AvgIpc) is 2.39. The Balaban J connectivity index is 2.89. The van der Waals surface area contributed by atoms with Crippen LogP contribution in [0.3, 0.4) is 0 Å². The highest BCUT2D eigenvalue weighted by molar-refractivity contribution is 9.10. The third-order valence-electron chi connectivity index (χ3n) is 1.68. The van der Waals surface area contributed by atoms with Crippen molar-refractivity contribution in [2.24, 2.45) is 7.05 Å². The van der Waals surface area contributed by atoms with E-state index in [1.165, 1.54) is 0 Å². The Labute approximate surface area is 77.1 Å². The van der Waals surface area contributed by atoms with Gasteiger partial charge in [0.15, 0.2) is 5.82 Å². The molecule has 0 spiro atoms. The summed E-state index contributed by atoms with van der Waals surface area (Å²) in [6.07, 6.45) is 1.78. The molecule has 4 heteroatoms. The summed E-state index contributed by atoms with van der Waals surface area (Å²) in [5, 5.41) is 4.80. The maximum atomic E-state index is 13.3. The van der Waals surface area contributed by atoms with E-state index in [9.17, 15) is 4.39 Å². The first-order valence-corrected chi connectivity index (χ1v) is 4.25. The number of rotatable bonds is 0. The van der Waals surface area contributed by atoms with Crippen LogP contribution in [-0.2, 0) is 7.05 Å². The Bertz CT molecular complexity index is 436. The van der Waals surface area contributed by atoms with E-state index in [4.69, 9.17) is 0 Å². The second-order valence-electron chi connectivity index (χ2n) is 2.60. The number of hydrogen-bond acceptors (Lipinski definition) is 1. The molecular formula is C8H6BrFN2. The van der Waals surface area contributed by atoms with Crippen LogP contribution in [-0.4, -0.2) is 9.78 Å². The lowest BCUT2D eigenvalue weighted by Gasteiger charge is -1.92. The highest BCUT2D eigenvalue weighted by atomic mass is 79.9. The molecule has 1 aromatic carbocycles. The molecule has 0 saturated carbocycles. The van der Waals surface area contributed by atoms with E-state index in [0.29, 0.717) is 9.99 Å². The molecule has 0 aliphatic carbocycles. The summed E-state index contributed by atoms with van der Waals surface area (Å²) in [5.41, 5.74) is 0.409. The first kappa shape index (κ1) is 7.73. The molecule has 1 aromatic heterocycles. The van der Waals surface area contributed by atoms with Crippen LogP contribution in [0.15, 0.2) is 22.8 Å². The predicted octanol–water partition coefficient (Wildman–Crippen LogP) is 2.47. The zero-order valence-electron chi connectivity index (χ0n) is 6.38. The molecule has 62 valence electrons. The van der Waals surface area contributed by atoms with Gasteiger partial charge in [0.25, 0.3) is 0 Å². The fraction of sp³-hybridized carbons (Fsp3) is 0.125. The van der Waals surface area contributed by atoms with Crippen molar-refractivity contribution in [2.45, 2.75) is 0 Å². The Morgan fingerprint density at radius 2 is 2.25 bits per heavy atom. The number of halogens is 2. The summed E-state index contributed by atoms with van der Waals surface area (Å²) in [7, 11) is 1.77. The summed E-state index contributed by atoms with van der Waals surface area (Å²) in [5.74, 6) is -0.298. The van der Waals surface area contributed by atoms with Gasteiger partial charge in [-0.2, -0.15) is 5.10 Å². The zero-order valence-corrected chi connectivity index (χ0v) is 7.97. The van der Waals surface area contributed by atoms with Crippen LogP contribution >= 0.6 is 15.9 Å². The number of benzene rings is 1. The van der Waals surface area contributed by atoms with Crippen LogP contribution in [0.2, 0.25) is 0 Å². The number of aromatic nitrogens is 2. The summed E-state index contributed by atoms with van der Waals surface area (Å²) in [6, 6.07) is 3.51. The van der Waals surface area contributed by atoms with E-state index in [1.807, 2.05) is 6.07 Å².